The minimum Gasteiger partial charge on any atom is -0.355 e. The second-order valence-corrected chi connectivity index (χ2v) is 5.93. The number of nitrogens with zero attached hydrogens (tertiary/aromatic N) is 2. The van der Waals surface area contributed by atoms with E-state index in [1.54, 1.807) is 6.07 Å². The second kappa shape index (κ2) is 8.75. The molecule has 0 aliphatic carbocycles. The molecule has 1 heterocycles. The van der Waals surface area contributed by atoms with Crippen molar-refractivity contribution >= 4 is 23.8 Å². The molecule has 0 spiro atoms. The third kappa shape index (κ3) is 5.00. The molecule has 0 atom stereocenters. The van der Waals surface area contributed by atoms with Gasteiger partial charge in [0.15, 0.2) is 6.29 Å². The molecule has 0 bridgehead atoms. The van der Waals surface area contributed by atoms with Crippen molar-refractivity contribution in [1.82, 2.24) is 15.2 Å². The maximum Gasteiger partial charge on any atom is 0.269 e. The number of rotatable bonds is 8. The Balaban J connectivity index is 2.11. The van der Waals surface area contributed by atoms with Crippen LogP contribution in [-0.4, -0.2) is 34.1 Å². The summed E-state index contributed by atoms with van der Waals surface area (Å²) in [6.45, 7) is 4.22. The topological polar surface area (TPSA) is 123 Å². The SMILES string of the molecule is CC(=O)NCCn1c(C)cc(C=O)c1CNC(=O)c1ccc([N+](=O)[O-])cc1. The minimum atomic E-state index is -0.539. The summed E-state index contributed by atoms with van der Waals surface area (Å²) in [5.74, 6) is -0.558. The Labute approximate surface area is 155 Å². The molecular formula is C18H20N4O5. The first kappa shape index (κ1) is 19.8. The summed E-state index contributed by atoms with van der Waals surface area (Å²) >= 11 is 0. The van der Waals surface area contributed by atoms with Crippen molar-refractivity contribution in [3.05, 3.63) is 63.0 Å². The van der Waals surface area contributed by atoms with E-state index >= 15 is 0 Å². The normalized spacial score (nSPS) is 10.3. The number of nitro benzene ring substituents is 1. The maximum absolute atomic E-state index is 12.3. The molecule has 0 aliphatic heterocycles. The highest BCUT2D eigenvalue weighted by Gasteiger charge is 2.15. The Kier molecular flexibility index (Phi) is 6.42. The standard InChI is InChI=1S/C18H20N4O5/c1-12-9-15(11-23)17(21(12)8-7-19-13(2)24)10-20-18(25)14-3-5-16(6-4-14)22(26)27/h3-6,9,11H,7-8,10H2,1-2H3,(H,19,24)(H,20,25). The van der Waals surface area contributed by atoms with Gasteiger partial charge in [0, 0.05) is 54.7 Å². The molecule has 9 heteroatoms. The number of nitro groups is 1. The van der Waals surface area contributed by atoms with Crippen LogP contribution in [0.4, 0.5) is 5.69 Å². The van der Waals surface area contributed by atoms with Crippen LogP contribution < -0.4 is 10.6 Å². The number of non-ortho nitro benzene ring substituents is 1. The number of carbonyl (C=O) groups excluding carboxylic acids is 3. The van der Waals surface area contributed by atoms with E-state index in [9.17, 15) is 24.5 Å². The number of benzene rings is 1. The molecule has 0 unspecified atom stereocenters. The fourth-order valence-corrected chi connectivity index (χ4v) is 2.71. The van der Waals surface area contributed by atoms with Crippen LogP contribution in [0, 0.1) is 17.0 Å². The largest absolute Gasteiger partial charge is 0.355 e. The van der Waals surface area contributed by atoms with Crippen LogP contribution in [0.5, 0.6) is 0 Å². The first-order valence-electron chi connectivity index (χ1n) is 8.24. The van der Waals surface area contributed by atoms with Gasteiger partial charge in [0.2, 0.25) is 5.91 Å². The molecule has 0 saturated carbocycles. The highest BCUT2D eigenvalue weighted by Crippen LogP contribution is 2.15. The molecule has 2 N–H and O–H groups in total. The quantitative estimate of drug-likeness (QED) is 0.414. The Hall–Kier alpha value is -3.49. The Morgan fingerprint density at radius 3 is 2.44 bits per heavy atom. The summed E-state index contributed by atoms with van der Waals surface area (Å²) in [4.78, 5) is 44.8. The molecule has 27 heavy (non-hydrogen) atoms. The molecule has 2 rings (SSSR count). The summed E-state index contributed by atoms with van der Waals surface area (Å²) in [6.07, 6.45) is 0.718. The van der Waals surface area contributed by atoms with Crippen molar-refractivity contribution < 1.29 is 19.3 Å². The van der Waals surface area contributed by atoms with Crippen molar-refractivity contribution in [2.24, 2.45) is 0 Å². The first-order valence-corrected chi connectivity index (χ1v) is 8.24. The Bertz CT molecular complexity index is 871. The van der Waals surface area contributed by atoms with Crippen LogP contribution in [0.25, 0.3) is 0 Å². The summed E-state index contributed by atoms with van der Waals surface area (Å²) in [5.41, 5.74) is 2.10. The smallest absolute Gasteiger partial charge is 0.269 e. The van der Waals surface area contributed by atoms with Gasteiger partial charge < -0.3 is 15.2 Å². The van der Waals surface area contributed by atoms with E-state index in [-0.39, 0.29) is 23.7 Å². The lowest BCUT2D eigenvalue weighted by molar-refractivity contribution is -0.384. The molecule has 2 aromatic rings. The second-order valence-electron chi connectivity index (χ2n) is 5.93. The highest BCUT2D eigenvalue weighted by atomic mass is 16.6. The van der Waals surface area contributed by atoms with Gasteiger partial charge >= 0.3 is 0 Å². The van der Waals surface area contributed by atoms with Crippen LogP contribution in [-0.2, 0) is 17.9 Å². The van der Waals surface area contributed by atoms with Gasteiger partial charge in [-0.1, -0.05) is 0 Å². The lowest BCUT2D eigenvalue weighted by atomic mass is 10.2. The molecule has 1 aromatic carbocycles. The predicted octanol–water partition coefficient (Wildman–Crippen LogP) is 1.58. The number of aromatic nitrogens is 1. The Morgan fingerprint density at radius 1 is 1.22 bits per heavy atom. The summed E-state index contributed by atoms with van der Waals surface area (Å²) in [7, 11) is 0. The third-order valence-electron chi connectivity index (χ3n) is 4.04. The molecule has 9 nitrogen and oxygen atoms in total. The first-order chi connectivity index (χ1) is 12.8. The van der Waals surface area contributed by atoms with Gasteiger partial charge in [0.25, 0.3) is 11.6 Å². The van der Waals surface area contributed by atoms with Gasteiger partial charge in [0.05, 0.1) is 11.5 Å². The number of aryl methyl sites for hydroxylation is 1. The van der Waals surface area contributed by atoms with Crippen LogP contribution in [0.15, 0.2) is 30.3 Å². The van der Waals surface area contributed by atoms with Gasteiger partial charge in [-0.25, -0.2) is 0 Å². The van der Waals surface area contributed by atoms with Crippen molar-refractivity contribution in [2.75, 3.05) is 6.54 Å². The van der Waals surface area contributed by atoms with Crippen molar-refractivity contribution in [3.8, 4) is 0 Å². The lowest BCUT2D eigenvalue weighted by Crippen LogP contribution is -2.28. The average Bonchev–Trinajstić information content (AvgIpc) is 2.94. The van der Waals surface area contributed by atoms with E-state index in [0.717, 1.165) is 12.0 Å². The van der Waals surface area contributed by atoms with Crippen molar-refractivity contribution in [2.45, 2.75) is 26.9 Å². The summed E-state index contributed by atoms with van der Waals surface area (Å²) in [6, 6.07) is 6.97. The number of aldehydes is 1. The Morgan fingerprint density at radius 2 is 1.89 bits per heavy atom. The van der Waals surface area contributed by atoms with E-state index in [0.29, 0.717) is 24.3 Å². The van der Waals surface area contributed by atoms with E-state index in [2.05, 4.69) is 10.6 Å². The van der Waals surface area contributed by atoms with Gasteiger partial charge in [0.1, 0.15) is 0 Å². The monoisotopic (exact) mass is 372 g/mol. The number of nitrogens with one attached hydrogen (secondary N) is 2. The van der Waals surface area contributed by atoms with E-state index < -0.39 is 10.8 Å². The van der Waals surface area contributed by atoms with E-state index in [1.807, 2.05) is 11.5 Å². The highest BCUT2D eigenvalue weighted by molar-refractivity contribution is 5.94. The maximum atomic E-state index is 12.3. The lowest BCUT2D eigenvalue weighted by Gasteiger charge is -2.13. The van der Waals surface area contributed by atoms with Crippen molar-refractivity contribution in [3.63, 3.8) is 0 Å². The fraction of sp³-hybridized carbons (Fsp3) is 0.278. The zero-order valence-corrected chi connectivity index (χ0v) is 15.0. The zero-order chi connectivity index (χ0) is 20.0. The minimum absolute atomic E-state index is 0.0998. The number of hydrogen-bond acceptors (Lipinski definition) is 5. The number of carbonyl (C=O) groups is 3. The van der Waals surface area contributed by atoms with Gasteiger partial charge in [-0.3, -0.25) is 24.5 Å². The third-order valence-corrected chi connectivity index (χ3v) is 4.04. The molecule has 142 valence electrons. The average molecular weight is 372 g/mol. The van der Waals surface area contributed by atoms with Gasteiger partial charge in [-0.2, -0.15) is 0 Å². The molecule has 0 aliphatic rings. The van der Waals surface area contributed by atoms with Crippen LogP contribution in [0.3, 0.4) is 0 Å². The zero-order valence-electron chi connectivity index (χ0n) is 15.0. The van der Waals surface area contributed by atoms with Crippen LogP contribution >= 0.6 is 0 Å². The molecule has 0 saturated heterocycles. The number of hydrogen-bond donors (Lipinski definition) is 2. The molecule has 0 radical (unpaired) electrons. The molecule has 0 fully saturated rings. The predicted molar refractivity (Wildman–Crippen MR) is 97.5 cm³/mol. The van der Waals surface area contributed by atoms with Crippen LogP contribution in [0.1, 0.15) is 39.0 Å². The fourth-order valence-electron chi connectivity index (χ4n) is 2.71. The van der Waals surface area contributed by atoms with Gasteiger partial charge in [-0.05, 0) is 25.1 Å². The number of amides is 2. The van der Waals surface area contributed by atoms with E-state index in [4.69, 9.17) is 0 Å². The molecule has 1 aromatic heterocycles. The van der Waals surface area contributed by atoms with Crippen molar-refractivity contribution in [1.29, 1.82) is 0 Å². The summed E-state index contributed by atoms with van der Waals surface area (Å²) < 4.78 is 1.86. The van der Waals surface area contributed by atoms with Crippen LogP contribution in [0.2, 0.25) is 0 Å². The van der Waals surface area contributed by atoms with Gasteiger partial charge in [-0.15, -0.1) is 0 Å². The molecular weight excluding hydrogens is 352 g/mol. The molecule has 2 amide bonds. The summed E-state index contributed by atoms with van der Waals surface area (Å²) in [5, 5.41) is 16.1. The van der Waals surface area contributed by atoms with E-state index in [1.165, 1.54) is 31.2 Å².